The molecule has 158 valence electrons. The predicted molar refractivity (Wildman–Crippen MR) is 114 cm³/mol. The standard InChI is InChI=1S/C22H24N2O5S/c1-15(17-8-5-4-6-9-17)23-21(25)14-30(26,27)13-20-16(2)29-22(24-20)18-10-7-11-19(12-18)28-3/h4-12,15H,13-14H2,1-3H3,(H,23,25). The van der Waals surface area contributed by atoms with Gasteiger partial charge in [-0.25, -0.2) is 13.4 Å². The Hall–Kier alpha value is -3.13. The van der Waals surface area contributed by atoms with E-state index in [1.54, 1.807) is 38.3 Å². The summed E-state index contributed by atoms with van der Waals surface area (Å²) < 4.78 is 36.0. The highest BCUT2D eigenvalue weighted by Gasteiger charge is 2.23. The molecule has 0 radical (unpaired) electrons. The van der Waals surface area contributed by atoms with E-state index in [-0.39, 0.29) is 17.5 Å². The number of nitrogens with one attached hydrogen (secondary N) is 1. The largest absolute Gasteiger partial charge is 0.497 e. The fourth-order valence-corrected chi connectivity index (χ4v) is 4.28. The summed E-state index contributed by atoms with van der Waals surface area (Å²) in [5, 5.41) is 2.72. The Morgan fingerprint density at radius 3 is 2.60 bits per heavy atom. The number of rotatable bonds is 8. The van der Waals surface area contributed by atoms with Crippen LogP contribution >= 0.6 is 0 Å². The van der Waals surface area contributed by atoms with Gasteiger partial charge in [0, 0.05) is 5.56 Å². The van der Waals surface area contributed by atoms with Crippen molar-refractivity contribution < 1.29 is 22.4 Å². The number of ether oxygens (including phenoxy) is 1. The Bertz CT molecular complexity index is 1120. The molecule has 1 atom stereocenters. The average Bonchev–Trinajstić information content (AvgIpc) is 3.07. The van der Waals surface area contributed by atoms with Gasteiger partial charge < -0.3 is 14.5 Å². The molecule has 0 saturated heterocycles. The molecule has 3 rings (SSSR count). The Morgan fingerprint density at radius 1 is 1.17 bits per heavy atom. The number of benzene rings is 2. The quantitative estimate of drug-likeness (QED) is 0.590. The van der Waals surface area contributed by atoms with Crippen LogP contribution in [0.3, 0.4) is 0 Å². The lowest BCUT2D eigenvalue weighted by atomic mass is 10.1. The molecule has 8 heteroatoms. The van der Waals surface area contributed by atoms with Crippen LogP contribution in [0.5, 0.6) is 5.75 Å². The van der Waals surface area contributed by atoms with E-state index < -0.39 is 21.5 Å². The number of hydrogen-bond donors (Lipinski definition) is 1. The Balaban J connectivity index is 1.68. The van der Waals surface area contributed by atoms with E-state index in [1.807, 2.05) is 37.3 Å². The average molecular weight is 429 g/mol. The number of amides is 1. The summed E-state index contributed by atoms with van der Waals surface area (Å²) in [5.74, 6) is -0.208. The molecule has 1 amide bonds. The van der Waals surface area contributed by atoms with Crippen LogP contribution in [0, 0.1) is 6.92 Å². The summed E-state index contributed by atoms with van der Waals surface area (Å²) in [7, 11) is -2.17. The van der Waals surface area contributed by atoms with Crippen LogP contribution in [-0.4, -0.2) is 32.2 Å². The number of carbonyl (C=O) groups is 1. The molecule has 0 bridgehead atoms. The minimum atomic E-state index is -3.73. The summed E-state index contributed by atoms with van der Waals surface area (Å²) in [6.45, 7) is 3.46. The molecule has 0 spiro atoms. The number of carbonyl (C=O) groups excluding carboxylic acids is 1. The normalized spacial score (nSPS) is 12.4. The molecule has 0 saturated carbocycles. The monoisotopic (exact) mass is 428 g/mol. The first-order valence-corrected chi connectivity index (χ1v) is 11.2. The van der Waals surface area contributed by atoms with Crippen LogP contribution in [-0.2, 0) is 20.4 Å². The first-order chi connectivity index (χ1) is 14.3. The highest BCUT2D eigenvalue weighted by atomic mass is 32.2. The molecule has 3 aromatic rings. The van der Waals surface area contributed by atoms with Gasteiger partial charge in [0.25, 0.3) is 0 Å². The van der Waals surface area contributed by atoms with E-state index in [0.717, 1.165) is 5.56 Å². The predicted octanol–water partition coefficient (Wildman–Crippen LogP) is 3.45. The maximum Gasteiger partial charge on any atom is 0.235 e. The zero-order chi connectivity index (χ0) is 21.7. The Labute approximate surface area is 176 Å². The third-order valence-electron chi connectivity index (χ3n) is 4.59. The molecule has 30 heavy (non-hydrogen) atoms. The maximum atomic E-state index is 12.6. The minimum Gasteiger partial charge on any atom is -0.497 e. The van der Waals surface area contributed by atoms with Crippen molar-refractivity contribution in [2.45, 2.75) is 25.6 Å². The van der Waals surface area contributed by atoms with Gasteiger partial charge in [-0.1, -0.05) is 36.4 Å². The van der Waals surface area contributed by atoms with Crippen LogP contribution in [0.25, 0.3) is 11.5 Å². The van der Waals surface area contributed by atoms with Crippen molar-refractivity contribution in [1.29, 1.82) is 0 Å². The highest BCUT2D eigenvalue weighted by Crippen LogP contribution is 2.26. The van der Waals surface area contributed by atoms with E-state index >= 15 is 0 Å². The zero-order valence-corrected chi connectivity index (χ0v) is 17.9. The van der Waals surface area contributed by atoms with Gasteiger partial charge in [0.2, 0.25) is 11.8 Å². The number of hydrogen-bond acceptors (Lipinski definition) is 6. The van der Waals surface area contributed by atoms with Crippen molar-refractivity contribution >= 4 is 15.7 Å². The number of oxazole rings is 1. The first-order valence-electron chi connectivity index (χ1n) is 9.43. The second-order valence-electron chi connectivity index (χ2n) is 6.99. The molecular weight excluding hydrogens is 404 g/mol. The number of aryl methyl sites for hydroxylation is 1. The second kappa shape index (κ2) is 9.13. The van der Waals surface area contributed by atoms with Gasteiger partial charge in [0.05, 0.1) is 24.6 Å². The van der Waals surface area contributed by atoms with Gasteiger partial charge in [0.1, 0.15) is 17.3 Å². The van der Waals surface area contributed by atoms with Crippen LogP contribution < -0.4 is 10.1 Å². The molecule has 0 fully saturated rings. The van der Waals surface area contributed by atoms with Gasteiger partial charge in [-0.05, 0) is 37.6 Å². The van der Waals surface area contributed by atoms with Gasteiger partial charge in [-0.15, -0.1) is 0 Å². The molecule has 0 aliphatic carbocycles. The van der Waals surface area contributed by atoms with Crippen molar-refractivity contribution in [3.63, 3.8) is 0 Å². The summed E-state index contributed by atoms with van der Waals surface area (Å²) >= 11 is 0. The lowest BCUT2D eigenvalue weighted by Gasteiger charge is -2.14. The molecule has 1 unspecified atom stereocenters. The molecule has 0 aliphatic heterocycles. The van der Waals surface area contributed by atoms with Crippen LogP contribution in [0.1, 0.15) is 30.0 Å². The van der Waals surface area contributed by atoms with E-state index in [2.05, 4.69) is 10.3 Å². The van der Waals surface area contributed by atoms with Crippen LogP contribution in [0.15, 0.2) is 59.0 Å². The highest BCUT2D eigenvalue weighted by molar-refractivity contribution is 7.91. The van der Waals surface area contributed by atoms with Crippen molar-refractivity contribution in [3.05, 3.63) is 71.6 Å². The van der Waals surface area contributed by atoms with E-state index in [4.69, 9.17) is 9.15 Å². The third-order valence-corrected chi connectivity index (χ3v) is 6.01. The fourth-order valence-electron chi connectivity index (χ4n) is 3.01. The van der Waals surface area contributed by atoms with Crippen LogP contribution in [0.4, 0.5) is 0 Å². The summed E-state index contributed by atoms with van der Waals surface area (Å²) in [5.41, 5.74) is 1.87. The topological polar surface area (TPSA) is 98.5 Å². The van der Waals surface area contributed by atoms with E-state index in [9.17, 15) is 13.2 Å². The first kappa shape index (κ1) is 21.6. The third kappa shape index (κ3) is 5.48. The smallest absolute Gasteiger partial charge is 0.235 e. The zero-order valence-electron chi connectivity index (χ0n) is 17.1. The molecule has 0 aliphatic rings. The van der Waals surface area contributed by atoms with Crippen molar-refractivity contribution in [3.8, 4) is 17.2 Å². The minimum absolute atomic E-state index is 0.289. The number of aromatic nitrogens is 1. The number of sulfone groups is 1. The number of methoxy groups -OCH3 is 1. The lowest BCUT2D eigenvalue weighted by Crippen LogP contribution is -2.32. The molecule has 2 aromatic carbocycles. The van der Waals surface area contributed by atoms with Gasteiger partial charge in [0.15, 0.2) is 9.84 Å². The van der Waals surface area contributed by atoms with Crippen molar-refractivity contribution in [1.82, 2.24) is 10.3 Å². The SMILES string of the molecule is COc1cccc(-c2nc(CS(=O)(=O)CC(=O)NC(C)c3ccccc3)c(C)o2)c1. The summed E-state index contributed by atoms with van der Waals surface area (Å²) in [6, 6.07) is 16.2. The number of nitrogens with zero attached hydrogens (tertiary/aromatic N) is 1. The van der Waals surface area contributed by atoms with Gasteiger partial charge in [-0.2, -0.15) is 0 Å². The molecular formula is C22H24N2O5S. The van der Waals surface area contributed by atoms with Gasteiger partial charge >= 0.3 is 0 Å². The maximum absolute atomic E-state index is 12.6. The molecule has 1 N–H and O–H groups in total. The Kier molecular flexibility index (Phi) is 6.56. The van der Waals surface area contributed by atoms with Gasteiger partial charge in [-0.3, -0.25) is 4.79 Å². The van der Waals surface area contributed by atoms with Crippen LogP contribution in [0.2, 0.25) is 0 Å². The van der Waals surface area contributed by atoms with E-state index in [1.165, 1.54) is 0 Å². The molecule has 1 aromatic heterocycles. The lowest BCUT2D eigenvalue weighted by molar-refractivity contribution is -0.119. The second-order valence-corrected chi connectivity index (χ2v) is 9.05. The fraction of sp³-hybridized carbons (Fsp3) is 0.273. The summed E-state index contributed by atoms with van der Waals surface area (Å²) in [6.07, 6.45) is 0. The van der Waals surface area contributed by atoms with E-state index in [0.29, 0.717) is 23.0 Å². The molecule has 1 heterocycles. The Morgan fingerprint density at radius 2 is 1.90 bits per heavy atom. The summed E-state index contributed by atoms with van der Waals surface area (Å²) in [4.78, 5) is 16.6. The molecule has 7 nitrogen and oxygen atoms in total. The van der Waals surface area contributed by atoms with Crippen molar-refractivity contribution in [2.24, 2.45) is 0 Å². The van der Waals surface area contributed by atoms with Crippen molar-refractivity contribution in [2.75, 3.05) is 12.9 Å².